The molecule has 3 heteroatoms. The van der Waals surface area contributed by atoms with Gasteiger partial charge < -0.3 is 0 Å². The highest BCUT2D eigenvalue weighted by Gasteiger charge is 2.41. The zero-order valence-electron chi connectivity index (χ0n) is 8.72. The van der Waals surface area contributed by atoms with Crippen molar-refractivity contribution in [3.8, 4) is 0 Å². The average molecular weight is 230 g/mol. The quantitative estimate of drug-likeness (QED) is 0.719. The Kier molecular flexibility index (Phi) is 2.85. The zero-order chi connectivity index (χ0) is 10.2. The van der Waals surface area contributed by atoms with Crippen LogP contribution in [-0.4, -0.2) is 10.9 Å². The summed E-state index contributed by atoms with van der Waals surface area (Å²) < 4.78 is 0. The molecule has 0 amide bonds. The van der Waals surface area contributed by atoms with E-state index in [2.05, 4.69) is 24.2 Å². The van der Waals surface area contributed by atoms with E-state index in [9.17, 15) is 0 Å². The zero-order valence-corrected chi connectivity index (χ0v) is 10.3. The lowest BCUT2D eigenvalue weighted by atomic mass is 9.84. The van der Waals surface area contributed by atoms with Gasteiger partial charge in [-0.05, 0) is 31.1 Å². The van der Waals surface area contributed by atoms with Gasteiger partial charge in [-0.15, -0.1) is 22.9 Å². The van der Waals surface area contributed by atoms with E-state index in [1.54, 1.807) is 11.3 Å². The predicted octanol–water partition coefficient (Wildman–Crippen LogP) is 3.65. The minimum Gasteiger partial charge on any atom is -0.247 e. The fourth-order valence-electron chi connectivity index (χ4n) is 1.91. The Balaban J connectivity index is 2.07. The lowest BCUT2D eigenvalue weighted by Gasteiger charge is -2.25. The average Bonchev–Trinajstić information content (AvgIpc) is 2.93. The highest BCUT2D eigenvalue weighted by molar-refractivity contribution is 7.09. The lowest BCUT2D eigenvalue weighted by Crippen LogP contribution is -2.24. The Morgan fingerprint density at radius 3 is 2.79 bits per heavy atom. The summed E-state index contributed by atoms with van der Waals surface area (Å²) in [4.78, 5) is 4.51. The molecule has 0 aliphatic heterocycles. The third kappa shape index (κ3) is 2.12. The molecule has 0 N–H and O–H groups in total. The smallest absolute Gasteiger partial charge is 0.0934 e. The largest absolute Gasteiger partial charge is 0.247 e. The molecule has 1 aromatic rings. The normalized spacial score (nSPS) is 20.8. The van der Waals surface area contributed by atoms with Crippen LogP contribution in [0, 0.1) is 18.3 Å². The molecule has 2 rings (SSSR count). The number of hydrogen-bond acceptors (Lipinski definition) is 2. The standard InChI is InChI=1S/C11H16ClNS/c1-8-6-14-10(13-8)5-11(2,7-12)9-3-4-9/h6,9H,3-5,7H2,1-2H3. The number of thiazole rings is 1. The van der Waals surface area contributed by atoms with E-state index in [-0.39, 0.29) is 5.41 Å². The van der Waals surface area contributed by atoms with Crippen molar-refractivity contribution in [1.29, 1.82) is 0 Å². The van der Waals surface area contributed by atoms with Gasteiger partial charge in [0.05, 0.1) is 5.01 Å². The molecular formula is C11H16ClNS. The maximum absolute atomic E-state index is 6.08. The van der Waals surface area contributed by atoms with Crippen molar-refractivity contribution in [1.82, 2.24) is 4.98 Å². The molecule has 1 aliphatic rings. The van der Waals surface area contributed by atoms with E-state index in [1.165, 1.54) is 17.8 Å². The van der Waals surface area contributed by atoms with E-state index in [0.717, 1.165) is 23.9 Å². The molecule has 1 nitrogen and oxygen atoms in total. The number of aryl methyl sites for hydroxylation is 1. The van der Waals surface area contributed by atoms with Gasteiger partial charge in [0, 0.05) is 23.4 Å². The molecule has 1 aliphatic carbocycles. The maximum atomic E-state index is 6.08. The van der Waals surface area contributed by atoms with Crippen molar-refractivity contribution in [3.05, 3.63) is 16.1 Å². The Labute approximate surface area is 94.5 Å². The summed E-state index contributed by atoms with van der Waals surface area (Å²) in [5, 5.41) is 3.37. The van der Waals surface area contributed by atoms with Gasteiger partial charge in [0.1, 0.15) is 0 Å². The van der Waals surface area contributed by atoms with Gasteiger partial charge in [-0.1, -0.05) is 6.92 Å². The van der Waals surface area contributed by atoms with E-state index in [0.29, 0.717) is 0 Å². The first-order valence-corrected chi connectivity index (χ1v) is 6.52. The van der Waals surface area contributed by atoms with Crippen LogP contribution in [0.3, 0.4) is 0 Å². The summed E-state index contributed by atoms with van der Waals surface area (Å²) in [5.41, 5.74) is 1.42. The van der Waals surface area contributed by atoms with Crippen molar-refractivity contribution in [2.75, 3.05) is 5.88 Å². The summed E-state index contributed by atoms with van der Waals surface area (Å²) >= 11 is 7.84. The topological polar surface area (TPSA) is 12.9 Å². The molecule has 1 aromatic heterocycles. The van der Waals surface area contributed by atoms with Gasteiger partial charge in [0.2, 0.25) is 0 Å². The molecule has 1 atom stereocenters. The second-order valence-electron chi connectivity index (χ2n) is 4.62. The van der Waals surface area contributed by atoms with E-state index >= 15 is 0 Å². The summed E-state index contributed by atoms with van der Waals surface area (Å²) in [5.74, 6) is 1.60. The minimum absolute atomic E-state index is 0.284. The van der Waals surface area contributed by atoms with Crippen molar-refractivity contribution in [2.45, 2.75) is 33.1 Å². The number of alkyl halides is 1. The van der Waals surface area contributed by atoms with Gasteiger partial charge in [-0.3, -0.25) is 0 Å². The highest BCUT2D eigenvalue weighted by atomic mass is 35.5. The van der Waals surface area contributed by atoms with Crippen LogP contribution in [0.1, 0.15) is 30.5 Å². The van der Waals surface area contributed by atoms with Crippen LogP contribution < -0.4 is 0 Å². The lowest BCUT2D eigenvalue weighted by molar-refractivity contribution is 0.313. The first-order valence-electron chi connectivity index (χ1n) is 5.11. The number of halogens is 1. The number of rotatable bonds is 4. The third-order valence-corrected chi connectivity index (χ3v) is 4.67. The van der Waals surface area contributed by atoms with Crippen LogP contribution in [0.25, 0.3) is 0 Å². The second kappa shape index (κ2) is 3.82. The molecule has 0 spiro atoms. The Bertz CT molecular complexity index is 319. The molecular weight excluding hydrogens is 214 g/mol. The molecule has 0 aromatic carbocycles. The van der Waals surface area contributed by atoms with Crippen molar-refractivity contribution in [3.63, 3.8) is 0 Å². The van der Waals surface area contributed by atoms with Crippen LogP contribution >= 0.6 is 22.9 Å². The molecule has 1 heterocycles. The molecule has 0 radical (unpaired) electrons. The van der Waals surface area contributed by atoms with Crippen LogP contribution in [0.4, 0.5) is 0 Å². The number of nitrogens with zero attached hydrogens (tertiary/aromatic N) is 1. The fraction of sp³-hybridized carbons (Fsp3) is 0.727. The molecule has 78 valence electrons. The fourth-order valence-corrected chi connectivity index (χ4v) is 3.19. The molecule has 0 saturated heterocycles. The predicted molar refractivity (Wildman–Crippen MR) is 62.1 cm³/mol. The van der Waals surface area contributed by atoms with Gasteiger partial charge in [0.25, 0.3) is 0 Å². The third-order valence-electron chi connectivity index (χ3n) is 3.09. The summed E-state index contributed by atoms with van der Waals surface area (Å²) in [6, 6.07) is 0. The van der Waals surface area contributed by atoms with Crippen LogP contribution in [0.2, 0.25) is 0 Å². The van der Waals surface area contributed by atoms with Gasteiger partial charge in [-0.25, -0.2) is 4.98 Å². The second-order valence-corrected chi connectivity index (χ2v) is 5.83. The van der Waals surface area contributed by atoms with Crippen LogP contribution in [0.5, 0.6) is 0 Å². The van der Waals surface area contributed by atoms with Gasteiger partial charge >= 0.3 is 0 Å². The molecule has 1 unspecified atom stereocenters. The minimum atomic E-state index is 0.284. The van der Waals surface area contributed by atoms with Crippen molar-refractivity contribution < 1.29 is 0 Å². The maximum Gasteiger partial charge on any atom is 0.0934 e. The van der Waals surface area contributed by atoms with Crippen LogP contribution in [0.15, 0.2) is 5.38 Å². The Morgan fingerprint density at radius 1 is 1.64 bits per heavy atom. The monoisotopic (exact) mass is 229 g/mol. The Morgan fingerprint density at radius 2 is 2.36 bits per heavy atom. The van der Waals surface area contributed by atoms with E-state index < -0.39 is 0 Å². The Hall–Kier alpha value is -0.0800. The molecule has 1 fully saturated rings. The van der Waals surface area contributed by atoms with E-state index in [4.69, 9.17) is 11.6 Å². The molecule has 14 heavy (non-hydrogen) atoms. The summed E-state index contributed by atoms with van der Waals surface area (Å²) in [6.07, 6.45) is 3.76. The molecule has 0 bridgehead atoms. The SMILES string of the molecule is Cc1csc(CC(C)(CCl)C2CC2)n1. The van der Waals surface area contributed by atoms with Gasteiger partial charge in [-0.2, -0.15) is 0 Å². The first kappa shape index (κ1) is 10.4. The highest BCUT2D eigenvalue weighted by Crippen LogP contribution is 2.48. The summed E-state index contributed by atoms with van der Waals surface area (Å²) in [6.45, 7) is 4.35. The molecule has 1 saturated carbocycles. The number of aromatic nitrogens is 1. The van der Waals surface area contributed by atoms with Crippen molar-refractivity contribution in [2.24, 2.45) is 11.3 Å². The van der Waals surface area contributed by atoms with E-state index in [1.807, 2.05) is 0 Å². The summed E-state index contributed by atoms with van der Waals surface area (Å²) in [7, 11) is 0. The van der Waals surface area contributed by atoms with Gasteiger partial charge in [0.15, 0.2) is 0 Å². The number of hydrogen-bond donors (Lipinski definition) is 0. The van der Waals surface area contributed by atoms with Crippen LogP contribution in [-0.2, 0) is 6.42 Å². The first-order chi connectivity index (χ1) is 6.64. The van der Waals surface area contributed by atoms with Crippen molar-refractivity contribution >= 4 is 22.9 Å².